The molecule has 0 aromatic heterocycles. The smallest absolute Gasteiger partial charge is 0.311 e. The molecule has 1 aromatic carbocycles. The van der Waals surface area contributed by atoms with Gasteiger partial charge in [-0.15, -0.1) is 0 Å². The second kappa shape index (κ2) is 5.17. The van der Waals surface area contributed by atoms with E-state index >= 15 is 0 Å². The highest BCUT2D eigenvalue weighted by Crippen LogP contribution is 2.50. The van der Waals surface area contributed by atoms with E-state index in [1.165, 1.54) is 19.2 Å². The van der Waals surface area contributed by atoms with Gasteiger partial charge in [-0.25, -0.2) is 4.39 Å². The molecule has 1 unspecified atom stereocenters. The maximum Gasteiger partial charge on any atom is 0.311 e. The summed E-state index contributed by atoms with van der Waals surface area (Å²) in [5.74, 6) is -1.13. The molecular weight excluding hydrogens is 249 g/mol. The van der Waals surface area contributed by atoms with Crippen LogP contribution >= 0.6 is 0 Å². The van der Waals surface area contributed by atoms with Crippen molar-refractivity contribution in [1.29, 1.82) is 0 Å². The number of rotatable bonds is 5. The third kappa shape index (κ3) is 2.18. The largest absolute Gasteiger partial charge is 0.494 e. The van der Waals surface area contributed by atoms with Crippen molar-refractivity contribution in [2.75, 3.05) is 14.2 Å². The number of methoxy groups -OCH3 is 1. The molecule has 5 heteroatoms. The second-order valence-corrected chi connectivity index (χ2v) is 4.93. The third-order valence-electron chi connectivity index (χ3n) is 4.02. The van der Waals surface area contributed by atoms with E-state index in [9.17, 15) is 14.3 Å². The van der Waals surface area contributed by atoms with Crippen molar-refractivity contribution in [1.82, 2.24) is 5.32 Å². The van der Waals surface area contributed by atoms with Crippen molar-refractivity contribution < 1.29 is 19.0 Å². The van der Waals surface area contributed by atoms with Crippen LogP contribution in [0.15, 0.2) is 18.2 Å². The summed E-state index contributed by atoms with van der Waals surface area (Å²) >= 11 is 0. The standard InChI is InChI=1S/C14H18FNO3/c1-16-12(14(13(17)18)6-3-7-14)9-4-5-11(19-2)10(15)8-9/h4-5,8,12,16H,3,6-7H2,1-2H3,(H,17,18). The monoisotopic (exact) mass is 267 g/mol. The van der Waals surface area contributed by atoms with E-state index in [1.807, 2.05) is 0 Å². The first-order valence-corrected chi connectivity index (χ1v) is 6.29. The summed E-state index contributed by atoms with van der Waals surface area (Å²) < 4.78 is 18.6. The SMILES string of the molecule is CNC(c1ccc(OC)c(F)c1)C1(C(=O)O)CCC1. The van der Waals surface area contributed by atoms with E-state index < -0.39 is 17.2 Å². The van der Waals surface area contributed by atoms with Crippen LogP contribution in [0.4, 0.5) is 4.39 Å². The van der Waals surface area contributed by atoms with Crippen molar-refractivity contribution in [3.8, 4) is 5.75 Å². The lowest BCUT2D eigenvalue weighted by Crippen LogP contribution is -2.47. The third-order valence-corrected chi connectivity index (χ3v) is 4.02. The molecule has 0 heterocycles. The maximum atomic E-state index is 13.8. The fraction of sp³-hybridized carbons (Fsp3) is 0.500. The highest BCUT2D eigenvalue weighted by molar-refractivity contribution is 5.77. The molecule has 1 aromatic rings. The molecule has 19 heavy (non-hydrogen) atoms. The van der Waals surface area contributed by atoms with Gasteiger partial charge in [0.25, 0.3) is 0 Å². The highest BCUT2D eigenvalue weighted by Gasteiger charge is 2.50. The van der Waals surface area contributed by atoms with Gasteiger partial charge in [0.1, 0.15) is 0 Å². The van der Waals surface area contributed by atoms with Gasteiger partial charge >= 0.3 is 5.97 Å². The Hall–Kier alpha value is -1.62. The number of hydrogen-bond acceptors (Lipinski definition) is 3. The zero-order valence-electron chi connectivity index (χ0n) is 11.1. The molecule has 2 rings (SSSR count). The van der Waals surface area contributed by atoms with E-state index in [0.717, 1.165) is 6.42 Å². The van der Waals surface area contributed by atoms with Gasteiger partial charge in [0.2, 0.25) is 0 Å². The van der Waals surface area contributed by atoms with Crippen LogP contribution in [0, 0.1) is 11.2 Å². The van der Waals surface area contributed by atoms with E-state index in [-0.39, 0.29) is 11.8 Å². The van der Waals surface area contributed by atoms with Crippen molar-refractivity contribution in [2.45, 2.75) is 25.3 Å². The lowest BCUT2D eigenvalue weighted by molar-refractivity contribution is -0.157. The number of hydrogen-bond donors (Lipinski definition) is 2. The number of nitrogens with one attached hydrogen (secondary N) is 1. The number of halogens is 1. The molecule has 0 amide bonds. The second-order valence-electron chi connectivity index (χ2n) is 4.93. The number of carboxylic acid groups (broad SMARTS) is 1. The lowest BCUT2D eigenvalue weighted by atomic mass is 9.62. The van der Waals surface area contributed by atoms with Gasteiger partial charge in [-0.05, 0) is 37.6 Å². The van der Waals surface area contributed by atoms with Crippen molar-refractivity contribution in [3.63, 3.8) is 0 Å². The van der Waals surface area contributed by atoms with Crippen LogP contribution < -0.4 is 10.1 Å². The molecule has 1 aliphatic rings. The van der Waals surface area contributed by atoms with Gasteiger partial charge in [-0.3, -0.25) is 4.79 Å². The quantitative estimate of drug-likeness (QED) is 0.859. The molecule has 2 N–H and O–H groups in total. The van der Waals surface area contributed by atoms with Gasteiger partial charge in [-0.2, -0.15) is 0 Å². The lowest BCUT2D eigenvalue weighted by Gasteiger charge is -2.44. The molecule has 1 saturated carbocycles. The zero-order chi connectivity index (χ0) is 14.0. The summed E-state index contributed by atoms with van der Waals surface area (Å²) in [4.78, 5) is 11.5. The number of ether oxygens (including phenoxy) is 1. The molecule has 1 atom stereocenters. The molecule has 0 bridgehead atoms. The van der Waals surface area contributed by atoms with Crippen molar-refractivity contribution >= 4 is 5.97 Å². The first kappa shape index (κ1) is 13.8. The molecule has 0 saturated heterocycles. The normalized spacial score (nSPS) is 18.5. The van der Waals surface area contributed by atoms with E-state index in [2.05, 4.69) is 5.32 Å². The number of carboxylic acids is 1. The predicted molar refractivity (Wildman–Crippen MR) is 68.7 cm³/mol. The summed E-state index contributed by atoms with van der Waals surface area (Å²) in [5.41, 5.74) is -0.182. The summed E-state index contributed by atoms with van der Waals surface area (Å²) in [5, 5.41) is 12.5. The van der Waals surface area contributed by atoms with Crippen molar-refractivity contribution in [2.24, 2.45) is 5.41 Å². The van der Waals surface area contributed by atoms with Gasteiger partial charge in [0.15, 0.2) is 11.6 Å². The Kier molecular flexibility index (Phi) is 3.75. The minimum Gasteiger partial charge on any atom is -0.494 e. The van der Waals surface area contributed by atoms with Gasteiger partial charge in [0.05, 0.1) is 12.5 Å². The van der Waals surface area contributed by atoms with Crippen molar-refractivity contribution in [3.05, 3.63) is 29.6 Å². The Bertz CT molecular complexity index is 486. The Morgan fingerprint density at radius 2 is 2.21 bits per heavy atom. The Balaban J connectivity index is 2.37. The van der Waals surface area contributed by atoms with Gasteiger partial charge < -0.3 is 15.2 Å². The molecule has 4 nitrogen and oxygen atoms in total. The van der Waals surface area contributed by atoms with E-state index in [4.69, 9.17) is 4.74 Å². The number of benzene rings is 1. The fourth-order valence-corrected chi connectivity index (χ4v) is 2.81. The minimum absolute atomic E-state index is 0.164. The summed E-state index contributed by atoms with van der Waals surface area (Å²) in [6, 6.07) is 4.21. The molecule has 104 valence electrons. The number of carbonyl (C=O) groups is 1. The Morgan fingerprint density at radius 1 is 1.53 bits per heavy atom. The van der Waals surface area contributed by atoms with Crippen LogP contribution in [0.1, 0.15) is 30.9 Å². The average Bonchev–Trinajstić information content (AvgIpc) is 2.32. The Labute approximate surface area is 111 Å². The van der Waals surface area contributed by atoms with Crippen LogP contribution in [0.2, 0.25) is 0 Å². The van der Waals surface area contributed by atoms with Crippen LogP contribution in [0.3, 0.4) is 0 Å². The Morgan fingerprint density at radius 3 is 2.58 bits per heavy atom. The molecule has 0 spiro atoms. The first-order chi connectivity index (χ1) is 9.05. The zero-order valence-corrected chi connectivity index (χ0v) is 11.1. The summed E-state index contributed by atoms with van der Waals surface area (Å²) in [6.07, 6.45) is 2.12. The predicted octanol–water partition coefficient (Wildman–Crippen LogP) is 2.35. The van der Waals surface area contributed by atoms with Gasteiger partial charge in [0, 0.05) is 6.04 Å². The topological polar surface area (TPSA) is 58.6 Å². The van der Waals surface area contributed by atoms with Crippen LogP contribution in [0.5, 0.6) is 5.75 Å². The van der Waals surface area contributed by atoms with E-state index in [0.29, 0.717) is 18.4 Å². The van der Waals surface area contributed by atoms with E-state index in [1.54, 1.807) is 13.1 Å². The fourth-order valence-electron chi connectivity index (χ4n) is 2.81. The van der Waals surface area contributed by atoms with Gasteiger partial charge in [-0.1, -0.05) is 12.5 Å². The minimum atomic E-state index is -0.825. The van der Waals surface area contributed by atoms with Crippen LogP contribution in [-0.2, 0) is 4.79 Å². The molecule has 0 radical (unpaired) electrons. The van der Waals surface area contributed by atoms with Crippen LogP contribution in [0.25, 0.3) is 0 Å². The molecule has 1 aliphatic carbocycles. The molecule has 0 aliphatic heterocycles. The summed E-state index contributed by atoms with van der Waals surface area (Å²) in [7, 11) is 3.11. The summed E-state index contributed by atoms with van der Waals surface area (Å²) in [6.45, 7) is 0. The molecular formula is C14H18FNO3. The number of aliphatic carboxylic acids is 1. The first-order valence-electron chi connectivity index (χ1n) is 6.29. The highest BCUT2D eigenvalue weighted by atomic mass is 19.1. The average molecular weight is 267 g/mol. The van der Waals surface area contributed by atoms with Crippen LogP contribution in [-0.4, -0.2) is 25.2 Å². The molecule has 1 fully saturated rings. The maximum absolute atomic E-state index is 13.8.